The van der Waals surface area contributed by atoms with E-state index in [0.29, 0.717) is 22.8 Å². The third kappa shape index (κ3) is 8.13. The first-order valence-electron chi connectivity index (χ1n) is 11.6. The van der Waals surface area contributed by atoms with Crippen molar-refractivity contribution in [2.75, 3.05) is 16.4 Å². The number of nitrogens with one attached hydrogen (secondary N) is 3. The lowest BCUT2D eigenvalue weighted by molar-refractivity contribution is -0.114. The minimum Gasteiger partial charge on any atom is -0.360 e. The molecule has 1 aromatic heterocycles. The lowest BCUT2D eigenvalue weighted by Crippen LogP contribution is -2.31. The van der Waals surface area contributed by atoms with Crippen molar-refractivity contribution in [1.82, 2.24) is 10.5 Å². The number of rotatable bonds is 9. The molecule has 3 amide bonds. The van der Waals surface area contributed by atoms with Gasteiger partial charge in [-0.15, -0.1) is 11.8 Å². The molecule has 0 unspecified atom stereocenters. The summed E-state index contributed by atoms with van der Waals surface area (Å²) in [6.45, 7) is 1.73. The standard InChI is InChI=1S/C28H22BrFN4O4S/c1-17-14-25(34-38-17)33-26(35)16-39-21-12-10-20(11-13-21)31-28(37)24(15-18-6-8-19(29)9-7-18)32-27(36)22-4-2-3-5-23(22)30/h2-15H,16H2,1H3,(H,31,37)(H,32,36)(H,33,34,35). The van der Waals surface area contributed by atoms with Gasteiger partial charge in [0, 0.05) is 21.1 Å². The highest BCUT2D eigenvalue weighted by Gasteiger charge is 2.17. The highest BCUT2D eigenvalue weighted by atomic mass is 79.9. The number of hydrogen-bond donors (Lipinski definition) is 3. The molecule has 3 aromatic carbocycles. The second-order valence-electron chi connectivity index (χ2n) is 8.18. The van der Waals surface area contributed by atoms with E-state index in [4.69, 9.17) is 4.52 Å². The summed E-state index contributed by atoms with van der Waals surface area (Å²) in [5.74, 6) is -1.18. The van der Waals surface area contributed by atoms with Gasteiger partial charge in [-0.25, -0.2) is 4.39 Å². The fourth-order valence-corrected chi connectivity index (χ4v) is 4.27. The molecule has 1 heterocycles. The molecule has 0 saturated carbocycles. The third-order valence-corrected chi connectivity index (χ3v) is 6.71. The smallest absolute Gasteiger partial charge is 0.272 e. The zero-order chi connectivity index (χ0) is 27.8. The van der Waals surface area contributed by atoms with Crippen LogP contribution in [-0.4, -0.2) is 28.6 Å². The Balaban J connectivity index is 1.42. The lowest BCUT2D eigenvalue weighted by Gasteiger charge is -2.12. The van der Waals surface area contributed by atoms with Crippen molar-refractivity contribution in [1.29, 1.82) is 0 Å². The molecule has 8 nitrogen and oxygen atoms in total. The third-order valence-electron chi connectivity index (χ3n) is 5.17. The highest BCUT2D eigenvalue weighted by molar-refractivity contribution is 9.10. The molecule has 0 saturated heterocycles. The number of anilines is 2. The largest absolute Gasteiger partial charge is 0.360 e. The Morgan fingerprint density at radius 3 is 2.38 bits per heavy atom. The van der Waals surface area contributed by atoms with E-state index in [1.54, 1.807) is 61.5 Å². The summed E-state index contributed by atoms with van der Waals surface area (Å²) in [4.78, 5) is 38.8. The van der Waals surface area contributed by atoms with Crippen LogP contribution in [0.4, 0.5) is 15.9 Å². The number of thioether (sulfide) groups is 1. The lowest BCUT2D eigenvalue weighted by atomic mass is 10.1. The summed E-state index contributed by atoms with van der Waals surface area (Å²) >= 11 is 4.67. The quantitative estimate of drug-likeness (QED) is 0.158. The van der Waals surface area contributed by atoms with E-state index in [1.807, 2.05) is 0 Å². The van der Waals surface area contributed by atoms with Crippen LogP contribution in [0.25, 0.3) is 6.08 Å². The number of benzene rings is 3. The molecule has 0 aliphatic carbocycles. The molecule has 11 heteroatoms. The summed E-state index contributed by atoms with van der Waals surface area (Å²) in [7, 11) is 0. The number of aryl methyl sites for hydroxylation is 1. The molecule has 0 aliphatic rings. The molecule has 39 heavy (non-hydrogen) atoms. The van der Waals surface area contributed by atoms with Gasteiger partial charge in [0.05, 0.1) is 11.3 Å². The van der Waals surface area contributed by atoms with Gasteiger partial charge in [0.1, 0.15) is 17.3 Å². The Labute approximate surface area is 236 Å². The maximum absolute atomic E-state index is 14.2. The molecule has 198 valence electrons. The average Bonchev–Trinajstić information content (AvgIpc) is 3.33. The number of aromatic nitrogens is 1. The first-order valence-corrected chi connectivity index (χ1v) is 13.4. The molecule has 0 atom stereocenters. The van der Waals surface area contributed by atoms with Gasteiger partial charge in [0.15, 0.2) is 5.82 Å². The maximum Gasteiger partial charge on any atom is 0.272 e. The van der Waals surface area contributed by atoms with Crippen LogP contribution >= 0.6 is 27.7 Å². The number of nitrogens with zero attached hydrogens (tertiary/aromatic N) is 1. The van der Waals surface area contributed by atoms with Gasteiger partial charge >= 0.3 is 0 Å². The van der Waals surface area contributed by atoms with Gasteiger partial charge in [-0.3, -0.25) is 14.4 Å². The Morgan fingerprint density at radius 2 is 1.72 bits per heavy atom. The van der Waals surface area contributed by atoms with Gasteiger partial charge in [-0.1, -0.05) is 45.4 Å². The molecular weight excluding hydrogens is 587 g/mol. The minimum absolute atomic E-state index is 0.0659. The van der Waals surface area contributed by atoms with Crippen LogP contribution in [0.5, 0.6) is 0 Å². The van der Waals surface area contributed by atoms with Crippen LogP contribution in [0.2, 0.25) is 0 Å². The molecule has 4 rings (SSSR count). The summed E-state index contributed by atoms with van der Waals surface area (Å²) < 4.78 is 19.9. The Kier molecular flexibility index (Phi) is 9.29. The van der Waals surface area contributed by atoms with E-state index in [-0.39, 0.29) is 22.9 Å². The van der Waals surface area contributed by atoms with E-state index in [1.165, 1.54) is 42.1 Å². The molecule has 0 spiro atoms. The van der Waals surface area contributed by atoms with Gasteiger partial charge in [-0.05, 0) is 67.1 Å². The maximum atomic E-state index is 14.2. The highest BCUT2D eigenvalue weighted by Crippen LogP contribution is 2.21. The predicted molar refractivity (Wildman–Crippen MR) is 152 cm³/mol. The Morgan fingerprint density at radius 1 is 1.00 bits per heavy atom. The van der Waals surface area contributed by atoms with Crippen LogP contribution in [-0.2, 0) is 9.59 Å². The van der Waals surface area contributed by atoms with Crippen molar-refractivity contribution in [2.24, 2.45) is 0 Å². The van der Waals surface area contributed by atoms with Crippen molar-refractivity contribution in [3.05, 3.63) is 112 Å². The van der Waals surface area contributed by atoms with Crippen molar-refractivity contribution < 1.29 is 23.3 Å². The zero-order valence-electron chi connectivity index (χ0n) is 20.5. The summed E-state index contributed by atoms with van der Waals surface area (Å²) in [5.41, 5.74) is 0.872. The molecule has 4 aromatic rings. The predicted octanol–water partition coefficient (Wildman–Crippen LogP) is 6.03. The zero-order valence-corrected chi connectivity index (χ0v) is 22.9. The van der Waals surface area contributed by atoms with Crippen LogP contribution in [0, 0.1) is 12.7 Å². The van der Waals surface area contributed by atoms with E-state index in [0.717, 1.165) is 9.37 Å². The van der Waals surface area contributed by atoms with Gasteiger partial charge < -0.3 is 20.5 Å². The number of carbonyl (C=O) groups is 3. The van der Waals surface area contributed by atoms with Crippen molar-refractivity contribution >= 4 is 63.0 Å². The summed E-state index contributed by atoms with van der Waals surface area (Å²) in [6, 6.07) is 21.1. The van der Waals surface area contributed by atoms with E-state index >= 15 is 0 Å². The molecule has 0 bridgehead atoms. The summed E-state index contributed by atoms with van der Waals surface area (Å²) in [6.07, 6.45) is 1.50. The number of carbonyl (C=O) groups excluding carboxylic acids is 3. The second-order valence-corrected chi connectivity index (χ2v) is 10.1. The van der Waals surface area contributed by atoms with Crippen LogP contribution < -0.4 is 16.0 Å². The van der Waals surface area contributed by atoms with E-state index in [9.17, 15) is 18.8 Å². The normalized spacial score (nSPS) is 11.1. The van der Waals surface area contributed by atoms with E-state index in [2.05, 4.69) is 37.0 Å². The van der Waals surface area contributed by atoms with Crippen molar-refractivity contribution in [3.8, 4) is 0 Å². The van der Waals surface area contributed by atoms with Crippen LogP contribution in [0.1, 0.15) is 21.7 Å². The van der Waals surface area contributed by atoms with Gasteiger partial charge in [0.2, 0.25) is 5.91 Å². The molecule has 0 aliphatic heterocycles. The first-order chi connectivity index (χ1) is 18.8. The SMILES string of the molecule is Cc1cc(NC(=O)CSc2ccc(NC(=O)C(=Cc3ccc(Br)cc3)NC(=O)c3ccccc3F)cc2)no1. The number of amides is 3. The number of halogens is 2. The molecule has 0 fully saturated rings. The molecule has 3 N–H and O–H groups in total. The topological polar surface area (TPSA) is 113 Å². The first kappa shape index (κ1) is 27.8. The number of hydrogen-bond acceptors (Lipinski definition) is 6. The molecule has 0 radical (unpaired) electrons. The second kappa shape index (κ2) is 13.0. The summed E-state index contributed by atoms with van der Waals surface area (Å²) in [5, 5.41) is 11.6. The van der Waals surface area contributed by atoms with Crippen molar-refractivity contribution in [3.63, 3.8) is 0 Å². The molecular formula is C28H22BrFN4O4S. The van der Waals surface area contributed by atoms with Gasteiger partial charge in [0.25, 0.3) is 11.8 Å². The Bertz CT molecular complexity index is 1520. The average molecular weight is 609 g/mol. The fraction of sp³-hybridized carbons (Fsp3) is 0.0714. The van der Waals surface area contributed by atoms with E-state index < -0.39 is 17.6 Å². The van der Waals surface area contributed by atoms with Crippen LogP contribution in [0.15, 0.2) is 98.5 Å². The minimum atomic E-state index is -0.752. The Hall–Kier alpha value is -4.22. The fourth-order valence-electron chi connectivity index (χ4n) is 3.31. The van der Waals surface area contributed by atoms with Gasteiger partial charge in [-0.2, -0.15) is 0 Å². The van der Waals surface area contributed by atoms with Crippen molar-refractivity contribution in [2.45, 2.75) is 11.8 Å². The van der Waals surface area contributed by atoms with Crippen LogP contribution in [0.3, 0.4) is 0 Å². The monoisotopic (exact) mass is 608 g/mol.